The normalized spacial score (nSPS) is 32.3. The predicted octanol–water partition coefficient (Wildman–Crippen LogP) is 2.10. The van der Waals surface area contributed by atoms with Crippen molar-refractivity contribution in [2.75, 3.05) is 6.61 Å². The van der Waals surface area contributed by atoms with Gasteiger partial charge in [-0.1, -0.05) is 49.4 Å². The molecule has 0 amide bonds. The summed E-state index contributed by atoms with van der Waals surface area (Å²) in [4.78, 5) is 0. The van der Waals surface area contributed by atoms with Crippen LogP contribution in [0, 0.1) is 0 Å². The molecule has 0 aromatic heterocycles. The Hall–Kier alpha value is -1.41. The van der Waals surface area contributed by atoms with E-state index in [4.69, 9.17) is 4.74 Å². The maximum Gasteiger partial charge on any atom is 0.113 e. The molecule has 6 unspecified atom stereocenters. The maximum atomic E-state index is 10.4. The highest BCUT2D eigenvalue weighted by Gasteiger charge is 2.44. The maximum absolute atomic E-state index is 10.4. The number of fused-ring (bicyclic) bond motifs is 1. The monoisotopic (exact) mass is 402 g/mol. The number of rotatable bonds is 4. The second-order valence-electron chi connectivity index (χ2n) is 7.49. The van der Waals surface area contributed by atoms with Crippen LogP contribution in [0.2, 0.25) is 0 Å². The van der Waals surface area contributed by atoms with Crippen molar-refractivity contribution in [1.82, 2.24) is 0 Å². The van der Waals surface area contributed by atoms with Crippen LogP contribution in [0.15, 0.2) is 42.5 Å². The number of thioether (sulfide) groups is 1. The van der Waals surface area contributed by atoms with E-state index in [1.165, 1.54) is 22.3 Å². The molecule has 5 nitrogen and oxygen atoms in total. The van der Waals surface area contributed by atoms with Gasteiger partial charge in [-0.2, -0.15) is 0 Å². The Kier molecular flexibility index (Phi) is 5.78. The molecule has 2 aliphatic rings. The zero-order valence-corrected chi connectivity index (χ0v) is 16.5. The molecule has 1 saturated heterocycles. The lowest BCUT2D eigenvalue weighted by molar-refractivity contribution is -0.231. The van der Waals surface area contributed by atoms with Crippen LogP contribution in [-0.4, -0.2) is 51.4 Å². The zero-order valence-electron chi connectivity index (χ0n) is 15.7. The minimum atomic E-state index is -1.36. The molecule has 2 heterocycles. The molecule has 6 atom stereocenters. The summed E-state index contributed by atoms with van der Waals surface area (Å²) < 4.78 is 5.73. The second kappa shape index (κ2) is 8.14. The van der Waals surface area contributed by atoms with Crippen LogP contribution in [0.3, 0.4) is 0 Å². The van der Waals surface area contributed by atoms with Crippen molar-refractivity contribution in [3.63, 3.8) is 0 Å². The van der Waals surface area contributed by atoms with Gasteiger partial charge in [-0.25, -0.2) is 0 Å². The Morgan fingerprint density at radius 3 is 2.36 bits per heavy atom. The smallest absolute Gasteiger partial charge is 0.113 e. The SMILES string of the molecule is CCc1ccc(C2SCc3ccc(C4OC(CO)C(O)C(O)C4O)cc32)cc1. The number of aryl methyl sites for hydroxylation is 1. The summed E-state index contributed by atoms with van der Waals surface area (Å²) in [6.07, 6.45) is -4.65. The lowest BCUT2D eigenvalue weighted by Crippen LogP contribution is -2.55. The molecule has 150 valence electrons. The average Bonchev–Trinajstić information content (AvgIpc) is 3.15. The topological polar surface area (TPSA) is 90.2 Å². The quantitative estimate of drug-likeness (QED) is 0.626. The number of aliphatic hydroxyl groups excluding tert-OH is 4. The van der Waals surface area contributed by atoms with E-state index < -0.39 is 37.1 Å². The number of hydrogen-bond acceptors (Lipinski definition) is 6. The van der Waals surface area contributed by atoms with E-state index in [-0.39, 0.29) is 5.25 Å². The molecule has 4 rings (SSSR count). The van der Waals surface area contributed by atoms with Crippen LogP contribution >= 0.6 is 11.8 Å². The third-order valence-corrected chi connectivity index (χ3v) is 7.11. The van der Waals surface area contributed by atoms with E-state index in [9.17, 15) is 20.4 Å². The van der Waals surface area contributed by atoms with Crippen LogP contribution in [0.5, 0.6) is 0 Å². The Morgan fingerprint density at radius 2 is 1.68 bits per heavy atom. The third kappa shape index (κ3) is 3.49. The highest BCUT2D eigenvalue weighted by atomic mass is 32.2. The van der Waals surface area contributed by atoms with Crippen LogP contribution in [-0.2, 0) is 16.9 Å². The zero-order chi connectivity index (χ0) is 19.8. The van der Waals surface area contributed by atoms with Gasteiger partial charge in [0.2, 0.25) is 0 Å². The van der Waals surface area contributed by atoms with Crippen LogP contribution in [0.1, 0.15) is 46.1 Å². The molecule has 4 N–H and O–H groups in total. The van der Waals surface area contributed by atoms with Crippen LogP contribution < -0.4 is 0 Å². The van der Waals surface area contributed by atoms with Crippen LogP contribution in [0.25, 0.3) is 0 Å². The van der Waals surface area contributed by atoms with Crippen LogP contribution in [0.4, 0.5) is 0 Å². The fraction of sp³-hybridized carbons (Fsp3) is 0.455. The van der Waals surface area contributed by atoms with Crippen molar-refractivity contribution in [3.05, 3.63) is 70.3 Å². The van der Waals surface area contributed by atoms with Gasteiger partial charge in [0.1, 0.15) is 30.5 Å². The molecule has 6 heteroatoms. The molecule has 0 radical (unpaired) electrons. The molecular formula is C22H26O5S. The van der Waals surface area contributed by atoms with Gasteiger partial charge in [0.25, 0.3) is 0 Å². The van der Waals surface area contributed by atoms with Gasteiger partial charge in [-0.3, -0.25) is 0 Å². The van der Waals surface area contributed by atoms with E-state index in [0.29, 0.717) is 0 Å². The molecule has 1 fully saturated rings. The van der Waals surface area contributed by atoms with Crippen molar-refractivity contribution in [3.8, 4) is 0 Å². The molecule has 0 spiro atoms. The van der Waals surface area contributed by atoms with E-state index in [2.05, 4.69) is 31.2 Å². The number of aliphatic hydroxyl groups is 4. The first-order chi connectivity index (χ1) is 13.5. The molecular weight excluding hydrogens is 376 g/mol. The van der Waals surface area contributed by atoms with E-state index in [0.717, 1.165) is 17.7 Å². The van der Waals surface area contributed by atoms with Crippen molar-refractivity contribution in [1.29, 1.82) is 0 Å². The van der Waals surface area contributed by atoms with Gasteiger partial charge in [-0.15, -0.1) is 11.8 Å². The largest absolute Gasteiger partial charge is 0.394 e. The molecule has 28 heavy (non-hydrogen) atoms. The Bertz CT molecular complexity index is 822. The van der Waals surface area contributed by atoms with Crippen molar-refractivity contribution >= 4 is 11.8 Å². The minimum absolute atomic E-state index is 0.214. The summed E-state index contributed by atoms with van der Waals surface area (Å²) in [5, 5.41) is 40.2. The van der Waals surface area contributed by atoms with Crippen molar-refractivity contribution < 1.29 is 25.2 Å². The van der Waals surface area contributed by atoms with Gasteiger partial charge in [0, 0.05) is 5.75 Å². The first-order valence-electron chi connectivity index (χ1n) is 9.67. The molecule has 2 aromatic rings. The first-order valence-corrected chi connectivity index (χ1v) is 10.7. The van der Waals surface area contributed by atoms with Gasteiger partial charge in [-0.05, 0) is 34.2 Å². The molecule has 2 aliphatic heterocycles. The second-order valence-corrected chi connectivity index (χ2v) is 8.59. The van der Waals surface area contributed by atoms with Crippen molar-refractivity contribution in [2.45, 2.75) is 54.9 Å². The lowest BCUT2D eigenvalue weighted by Gasteiger charge is -2.40. The Labute approximate surface area is 169 Å². The number of ether oxygens (including phenoxy) is 1. The molecule has 0 saturated carbocycles. The highest BCUT2D eigenvalue weighted by molar-refractivity contribution is 7.99. The fourth-order valence-electron chi connectivity index (χ4n) is 4.01. The molecule has 0 bridgehead atoms. The van der Waals surface area contributed by atoms with E-state index in [1.54, 1.807) is 0 Å². The number of benzene rings is 2. The first kappa shape index (κ1) is 19.9. The predicted molar refractivity (Wildman–Crippen MR) is 108 cm³/mol. The van der Waals surface area contributed by atoms with E-state index in [1.807, 2.05) is 30.0 Å². The third-order valence-electron chi connectivity index (χ3n) is 5.77. The minimum Gasteiger partial charge on any atom is -0.394 e. The Balaban J connectivity index is 1.64. The van der Waals surface area contributed by atoms with E-state index >= 15 is 0 Å². The summed E-state index contributed by atoms with van der Waals surface area (Å²) in [5.74, 6) is 0.921. The summed E-state index contributed by atoms with van der Waals surface area (Å²) >= 11 is 1.87. The number of hydrogen-bond donors (Lipinski definition) is 4. The molecule has 0 aliphatic carbocycles. The molecule has 2 aromatic carbocycles. The standard InChI is InChI=1S/C22H26O5S/c1-2-12-3-5-13(6-4-12)22-16-9-14(7-8-15(16)11-28-22)21-20(26)19(25)18(24)17(10-23)27-21/h3-9,17-26H,2,10-11H2,1H3. The van der Waals surface area contributed by atoms with Gasteiger partial charge < -0.3 is 25.2 Å². The average molecular weight is 403 g/mol. The summed E-state index contributed by atoms with van der Waals surface area (Å²) in [7, 11) is 0. The lowest BCUT2D eigenvalue weighted by atomic mass is 9.89. The van der Waals surface area contributed by atoms with Gasteiger partial charge in [0.15, 0.2) is 0 Å². The summed E-state index contributed by atoms with van der Waals surface area (Å²) in [5.41, 5.74) is 5.73. The van der Waals surface area contributed by atoms with Gasteiger partial charge >= 0.3 is 0 Å². The van der Waals surface area contributed by atoms with Gasteiger partial charge in [0.05, 0.1) is 11.9 Å². The highest BCUT2D eigenvalue weighted by Crippen LogP contribution is 2.47. The Morgan fingerprint density at radius 1 is 0.964 bits per heavy atom. The van der Waals surface area contributed by atoms with Crippen molar-refractivity contribution in [2.24, 2.45) is 0 Å². The fourth-order valence-corrected chi connectivity index (χ4v) is 5.37. The summed E-state index contributed by atoms with van der Waals surface area (Å²) in [6, 6.07) is 14.6. The summed E-state index contributed by atoms with van der Waals surface area (Å²) in [6.45, 7) is 1.72.